The molecule has 0 heterocycles. The molecule has 0 saturated carbocycles. The monoisotopic (exact) mass is 416 g/mol. The quantitative estimate of drug-likeness (QED) is 0.496. The molecule has 4 nitrogen and oxygen atoms in total. The highest BCUT2D eigenvalue weighted by atomic mass is 32.3. The molecular weight excluding hydrogens is 392 g/mol. The van der Waals surface area contributed by atoms with E-state index in [4.69, 9.17) is 0 Å². The third-order valence-corrected chi connectivity index (χ3v) is 10.1. The Morgan fingerprint density at radius 2 is 1.29 bits per heavy atom. The normalized spacial score (nSPS) is 12.0. The summed E-state index contributed by atoms with van der Waals surface area (Å²) in [6.45, 7) is 5.18. The van der Waals surface area contributed by atoms with E-state index >= 15 is 0 Å². The number of benzene rings is 2. The van der Waals surface area contributed by atoms with E-state index in [9.17, 15) is 16.8 Å². The zero-order valence-corrected chi connectivity index (χ0v) is 17.8. The summed E-state index contributed by atoms with van der Waals surface area (Å²) in [5.41, 5.74) is 0.834. The van der Waals surface area contributed by atoms with Gasteiger partial charge in [0.1, 0.15) is 0 Å². The summed E-state index contributed by atoms with van der Waals surface area (Å²) in [4.78, 5) is -0.0656. The van der Waals surface area contributed by atoms with E-state index < -0.39 is 23.8 Å². The Kier molecular flexibility index (Phi) is 6.87. The van der Waals surface area contributed by atoms with E-state index in [2.05, 4.69) is 11.8 Å². The number of hydrogen-bond donors (Lipinski definition) is 0. The average molecular weight is 417 g/mol. The molecule has 0 aliphatic rings. The lowest BCUT2D eigenvalue weighted by Crippen LogP contribution is -2.46. The van der Waals surface area contributed by atoms with Gasteiger partial charge in [-0.2, -0.15) is 0 Å². The smallest absolute Gasteiger partial charge is 0.200 e. The van der Waals surface area contributed by atoms with Gasteiger partial charge in [0.25, 0.3) is 0 Å². The minimum absolute atomic E-state index is 0.0328. The van der Waals surface area contributed by atoms with Crippen LogP contribution < -0.4 is 0 Å². The molecule has 0 radical (unpaired) electrons. The van der Waals surface area contributed by atoms with Gasteiger partial charge in [0, 0.05) is 12.8 Å². The summed E-state index contributed by atoms with van der Waals surface area (Å²) < 4.78 is 52.7. The van der Waals surface area contributed by atoms with Gasteiger partial charge in [0.15, 0.2) is 23.8 Å². The molecule has 2 rings (SSSR count). The van der Waals surface area contributed by atoms with Crippen LogP contribution in [0.15, 0.2) is 82.1 Å². The second-order valence-corrected chi connectivity index (χ2v) is 11.4. The molecule has 0 spiro atoms. The molecule has 0 amide bonds. The largest absolute Gasteiger partial charge is 0.222 e. The molecule has 0 aromatic heterocycles. The zero-order chi connectivity index (χ0) is 20.8. The van der Waals surface area contributed by atoms with Gasteiger partial charge in [0.2, 0.25) is 0 Å². The standard InChI is InChI=1S/C22H24O4S2/c1-4-5-17-22(18-16-19(2)3,27(23,24)20-12-8-6-9-13-20)28(25,26)21-14-10-7-11-15-21/h6-16H,17-18H2,1-3H3. The minimum Gasteiger partial charge on any atom is -0.222 e. The van der Waals surface area contributed by atoms with Crippen LogP contribution in [0.4, 0.5) is 0 Å². The highest BCUT2D eigenvalue weighted by Crippen LogP contribution is 2.41. The first-order valence-electron chi connectivity index (χ1n) is 8.81. The third kappa shape index (κ3) is 4.06. The molecule has 28 heavy (non-hydrogen) atoms. The molecule has 148 valence electrons. The van der Waals surface area contributed by atoms with Gasteiger partial charge < -0.3 is 0 Å². The molecule has 0 fully saturated rings. The Morgan fingerprint density at radius 1 is 0.857 bits per heavy atom. The van der Waals surface area contributed by atoms with Gasteiger partial charge >= 0.3 is 0 Å². The Labute approximate surface area is 168 Å². The van der Waals surface area contributed by atoms with Crippen molar-refractivity contribution in [2.45, 2.75) is 47.5 Å². The third-order valence-electron chi connectivity index (χ3n) is 4.44. The molecule has 0 atom stereocenters. The minimum atomic E-state index is -4.27. The van der Waals surface area contributed by atoms with Crippen molar-refractivity contribution < 1.29 is 16.8 Å². The molecule has 0 bridgehead atoms. The zero-order valence-electron chi connectivity index (χ0n) is 16.2. The van der Waals surface area contributed by atoms with Crippen LogP contribution in [-0.4, -0.2) is 20.9 Å². The highest BCUT2D eigenvalue weighted by Gasteiger charge is 2.55. The SMILES string of the molecule is CC#CCC(CC=C(C)C)(S(=O)(=O)c1ccccc1)S(=O)(=O)c1ccccc1. The van der Waals surface area contributed by atoms with Crippen LogP contribution in [0.1, 0.15) is 33.6 Å². The van der Waals surface area contributed by atoms with Crippen molar-refractivity contribution in [2.75, 3.05) is 0 Å². The van der Waals surface area contributed by atoms with Crippen molar-refractivity contribution in [3.8, 4) is 11.8 Å². The lowest BCUT2D eigenvalue weighted by molar-refractivity contribution is 0.538. The fourth-order valence-corrected chi connectivity index (χ4v) is 7.59. The summed E-state index contributed by atoms with van der Waals surface area (Å²) in [5.74, 6) is 5.39. The van der Waals surface area contributed by atoms with E-state index in [0.29, 0.717) is 0 Å². The topological polar surface area (TPSA) is 68.3 Å². The van der Waals surface area contributed by atoms with Crippen LogP contribution in [-0.2, 0) is 19.7 Å². The van der Waals surface area contributed by atoms with E-state index in [1.807, 2.05) is 0 Å². The van der Waals surface area contributed by atoms with Crippen molar-refractivity contribution >= 4 is 19.7 Å². The van der Waals surface area contributed by atoms with Crippen molar-refractivity contribution in [1.82, 2.24) is 0 Å². The van der Waals surface area contributed by atoms with Crippen molar-refractivity contribution in [3.63, 3.8) is 0 Å². The van der Waals surface area contributed by atoms with Crippen molar-refractivity contribution in [1.29, 1.82) is 0 Å². The van der Waals surface area contributed by atoms with Gasteiger partial charge in [0.05, 0.1) is 9.79 Å². The van der Waals surface area contributed by atoms with Gasteiger partial charge in [-0.1, -0.05) is 48.0 Å². The van der Waals surface area contributed by atoms with Crippen molar-refractivity contribution in [3.05, 3.63) is 72.3 Å². The predicted molar refractivity (Wildman–Crippen MR) is 112 cm³/mol. The van der Waals surface area contributed by atoms with Gasteiger partial charge in [-0.15, -0.1) is 11.8 Å². The maximum atomic E-state index is 13.7. The molecule has 0 N–H and O–H groups in total. The van der Waals surface area contributed by atoms with Crippen LogP contribution in [0.5, 0.6) is 0 Å². The van der Waals surface area contributed by atoms with E-state index in [-0.39, 0.29) is 22.6 Å². The maximum absolute atomic E-state index is 13.7. The summed E-state index contributed by atoms with van der Waals surface area (Å²) in [6, 6.07) is 15.4. The van der Waals surface area contributed by atoms with Gasteiger partial charge in [-0.25, -0.2) is 16.8 Å². The Morgan fingerprint density at radius 3 is 1.64 bits per heavy atom. The second-order valence-electron chi connectivity index (χ2n) is 6.63. The summed E-state index contributed by atoms with van der Waals surface area (Å²) >= 11 is 0. The second kappa shape index (κ2) is 8.76. The number of allylic oxidation sites excluding steroid dienone is 2. The van der Waals surface area contributed by atoms with Crippen LogP contribution >= 0.6 is 0 Å². The van der Waals surface area contributed by atoms with Gasteiger partial charge in [-0.3, -0.25) is 0 Å². The average Bonchev–Trinajstić information content (AvgIpc) is 2.69. The van der Waals surface area contributed by atoms with Gasteiger partial charge in [-0.05, 0) is 45.0 Å². The lowest BCUT2D eigenvalue weighted by Gasteiger charge is -2.31. The molecule has 0 saturated heterocycles. The van der Waals surface area contributed by atoms with Crippen LogP contribution in [0.2, 0.25) is 0 Å². The summed E-state index contributed by atoms with van der Waals surface area (Å²) in [6.07, 6.45) is 1.15. The summed E-state index contributed by atoms with van der Waals surface area (Å²) in [5, 5.41) is 0. The Hall–Kier alpha value is -2.36. The molecule has 0 unspecified atom stereocenters. The first-order valence-corrected chi connectivity index (χ1v) is 11.8. The first-order chi connectivity index (χ1) is 13.2. The molecule has 0 aliphatic carbocycles. The van der Waals surface area contributed by atoms with E-state index in [1.54, 1.807) is 63.2 Å². The molecule has 6 heteroatoms. The lowest BCUT2D eigenvalue weighted by atomic mass is 10.2. The fraction of sp³-hybridized carbons (Fsp3) is 0.273. The molecule has 0 aliphatic heterocycles. The highest BCUT2D eigenvalue weighted by molar-refractivity contribution is 8.10. The van der Waals surface area contributed by atoms with Crippen LogP contribution in [0.3, 0.4) is 0 Å². The Bertz CT molecular complexity index is 1030. The van der Waals surface area contributed by atoms with Crippen LogP contribution in [0, 0.1) is 11.8 Å². The number of rotatable bonds is 7. The molecule has 2 aromatic carbocycles. The number of sulfone groups is 2. The van der Waals surface area contributed by atoms with Crippen molar-refractivity contribution in [2.24, 2.45) is 0 Å². The maximum Gasteiger partial charge on any atom is 0.200 e. The van der Waals surface area contributed by atoms with E-state index in [0.717, 1.165) is 5.57 Å². The molecule has 2 aromatic rings. The molecular formula is C22H24O4S2. The first kappa shape index (κ1) is 21.9. The summed E-state index contributed by atoms with van der Waals surface area (Å²) in [7, 11) is -8.54. The Balaban J connectivity index is 2.90. The number of hydrogen-bond acceptors (Lipinski definition) is 4. The fourth-order valence-electron chi connectivity index (χ4n) is 2.84. The predicted octanol–water partition coefficient (Wildman–Crippen LogP) is 4.40. The van der Waals surface area contributed by atoms with Crippen LogP contribution in [0.25, 0.3) is 0 Å². The van der Waals surface area contributed by atoms with E-state index in [1.165, 1.54) is 24.3 Å².